The Labute approximate surface area is 103 Å². The average Bonchev–Trinajstić information content (AvgIpc) is 2.39. The molecule has 0 bridgehead atoms. The summed E-state index contributed by atoms with van der Waals surface area (Å²) in [6.45, 7) is 0. The summed E-state index contributed by atoms with van der Waals surface area (Å²) in [6.07, 6.45) is 0. The normalized spacial score (nSPS) is 9.44. The van der Waals surface area contributed by atoms with Crippen molar-refractivity contribution in [3.63, 3.8) is 0 Å². The molecule has 0 aliphatic rings. The SMILES string of the molecule is N#Cc1c(N)[nH]c(=O)c(C#N)c1-c1ccccc1. The quantitative estimate of drug-likeness (QED) is 0.779. The van der Waals surface area contributed by atoms with E-state index >= 15 is 0 Å². The summed E-state index contributed by atoms with van der Waals surface area (Å²) in [5.41, 5.74) is 5.91. The number of aromatic amines is 1. The van der Waals surface area contributed by atoms with E-state index in [9.17, 15) is 4.79 Å². The first kappa shape index (κ1) is 11.4. The summed E-state index contributed by atoms with van der Waals surface area (Å²) in [7, 11) is 0. The molecule has 0 atom stereocenters. The molecule has 0 radical (unpaired) electrons. The number of pyridine rings is 1. The number of aromatic nitrogens is 1. The summed E-state index contributed by atoms with van der Waals surface area (Å²) in [5.74, 6) is -0.0275. The molecular formula is C13H8N4O. The molecule has 5 heteroatoms. The molecule has 2 rings (SSSR count). The average molecular weight is 236 g/mol. The largest absolute Gasteiger partial charge is 0.384 e. The molecular weight excluding hydrogens is 228 g/mol. The van der Waals surface area contributed by atoms with Gasteiger partial charge in [-0.3, -0.25) is 4.79 Å². The molecule has 0 aliphatic carbocycles. The van der Waals surface area contributed by atoms with Gasteiger partial charge in [0.15, 0.2) is 0 Å². The molecule has 18 heavy (non-hydrogen) atoms. The van der Waals surface area contributed by atoms with Gasteiger partial charge in [0.2, 0.25) is 0 Å². The number of rotatable bonds is 1. The molecule has 0 saturated carbocycles. The Balaban J connectivity index is 2.94. The molecule has 0 saturated heterocycles. The standard InChI is InChI=1S/C13H8N4O/c14-6-9-11(8-4-2-1-3-5-8)10(7-15)13(18)17-12(9)16/h1-5H,(H3,16,17,18). The van der Waals surface area contributed by atoms with Crippen LogP contribution in [-0.4, -0.2) is 4.98 Å². The van der Waals surface area contributed by atoms with Gasteiger partial charge in [0.05, 0.1) is 0 Å². The van der Waals surface area contributed by atoms with Gasteiger partial charge in [0.1, 0.15) is 29.1 Å². The fourth-order valence-corrected chi connectivity index (χ4v) is 1.74. The first-order chi connectivity index (χ1) is 8.69. The van der Waals surface area contributed by atoms with E-state index in [1.54, 1.807) is 30.3 Å². The predicted molar refractivity (Wildman–Crippen MR) is 66.3 cm³/mol. The van der Waals surface area contributed by atoms with E-state index in [0.29, 0.717) is 5.56 Å². The highest BCUT2D eigenvalue weighted by Gasteiger charge is 2.17. The Hall–Kier alpha value is -3.05. The maximum Gasteiger partial charge on any atom is 0.268 e. The predicted octanol–water partition coefficient (Wildman–Crippen LogP) is 1.37. The van der Waals surface area contributed by atoms with Gasteiger partial charge in [-0.2, -0.15) is 10.5 Å². The van der Waals surface area contributed by atoms with Crippen molar-refractivity contribution in [1.29, 1.82) is 10.5 Å². The lowest BCUT2D eigenvalue weighted by Gasteiger charge is -2.08. The minimum absolute atomic E-state index is 0.0275. The Bertz CT molecular complexity index is 733. The molecule has 0 fully saturated rings. The van der Waals surface area contributed by atoms with Crippen molar-refractivity contribution >= 4 is 5.82 Å². The highest BCUT2D eigenvalue weighted by Crippen LogP contribution is 2.27. The molecule has 5 nitrogen and oxygen atoms in total. The van der Waals surface area contributed by atoms with E-state index in [1.165, 1.54) is 0 Å². The lowest BCUT2D eigenvalue weighted by Crippen LogP contribution is -2.16. The van der Waals surface area contributed by atoms with Gasteiger partial charge >= 0.3 is 0 Å². The lowest BCUT2D eigenvalue weighted by atomic mass is 9.97. The number of nitriles is 2. The third-order valence-electron chi connectivity index (χ3n) is 2.53. The zero-order valence-corrected chi connectivity index (χ0v) is 9.27. The van der Waals surface area contributed by atoms with Gasteiger partial charge in [0.25, 0.3) is 5.56 Å². The van der Waals surface area contributed by atoms with Crippen LogP contribution in [-0.2, 0) is 0 Å². The van der Waals surface area contributed by atoms with Crippen LogP contribution in [0.5, 0.6) is 0 Å². The first-order valence-electron chi connectivity index (χ1n) is 5.10. The van der Waals surface area contributed by atoms with Crippen molar-refractivity contribution in [3.8, 4) is 23.3 Å². The van der Waals surface area contributed by atoms with Crippen LogP contribution in [0.15, 0.2) is 35.1 Å². The third-order valence-corrected chi connectivity index (χ3v) is 2.53. The maximum absolute atomic E-state index is 11.7. The van der Waals surface area contributed by atoms with Crippen molar-refractivity contribution in [2.75, 3.05) is 5.73 Å². The second-order valence-corrected chi connectivity index (χ2v) is 3.58. The molecule has 1 heterocycles. The smallest absolute Gasteiger partial charge is 0.268 e. The number of nitrogens with two attached hydrogens (primary N) is 1. The van der Waals surface area contributed by atoms with Crippen molar-refractivity contribution in [2.24, 2.45) is 0 Å². The van der Waals surface area contributed by atoms with Crippen LogP contribution in [0, 0.1) is 22.7 Å². The van der Waals surface area contributed by atoms with Gasteiger partial charge in [0, 0.05) is 5.56 Å². The van der Waals surface area contributed by atoms with E-state index in [0.717, 1.165) is 0 Å². The fourth-order valence-electron chi connectivity index (χ4n) is 1.74. The van der Waals surface area contributed by atoms with Crippen molar-refractivity contribution in [1.82, 2.24) is 4.98 Å². The highest BCUT2D eigenvalue weighted by atomic mass is 16.1. The van der Waals surface area contributed by atoms with Crippen LogP contribution in [0.25, 0.3) is 11.1 Å². The molecule has 1 aromatic heterocycles. The van der Waals surface area contributed by atoms with Gasteiger partial charge in [-0.25, -0.2) is 0 Å². The molecule has 0 spiro atoms. The number of nitrogens with zero attached hydrogens (tertiary/aromatic N) is 2. The number of hydrogen-bond acceptors (Lipinski definition) is 4. The van der Waals surface area contributed by atoms with Crippen LogP contribution < -0.4 is 11.3 Å². The number of nitrogens with one attached hydrogen (secondary N) is 1. The van der Waals surface area contributed by atoms with Crippen LogP contribution in [0.3, 0.4) is 0 Å². The monoisotopic (exact) mass is 236 g/mol. The van der Waals surface area contributed by atoms with E-state index in [4.69, 9.17) is 16.3 Å². The molecule has 0 amide bonds. The molecule has 86 valence electrons. The maximum atomic E-state index is 11.7. The second kappa shape index (κ2) is 4.44. The van der Waals surface area contributed by atoms with Gasteiger partial charge in [-0.15, -0.1) is 0 Å². The van der Waals surface area contributed by atoms with Crippen molar-refractivity contribution < 1.29 is 0 Å². The minimum atomic E-state index is -0.590. The topological polar surface area (TPSA) is 106 Å². The van der Waals surface area contributed by atoms with Gasteiger partial charge in [-0.05, 0) is 5.56 Å². The Morgan fingerprint density at radius 2 is 1.67 bits per heavy atom. The number of anilines is 1. The third kappa shape index (κ3) is 1.70. The summed E-state index contributed by atoms with van der Waals surface area (Å²) in [5, 5.41) is 18.2. The van der Waals surface area contributed by atoms with E-state index in [1.807, 2.05) is 12.1 Å². The lowest BCUT2D eigenvalue weighted by molar-refractivity contribution is 1.21. The number of hydrogen-bond donors (Lipinski definition) is 2. The summed E-state index contributed by atoms with van der Waals surface area (Å²) < 4.78 is 0. The Morgan fingerprint density at radius 3 is 2.22 bits per heavy atom. The van der Waals surface area contributed by atoms with Crippen LogP contribution >= 0.6 is 0 Å². The zero-order valence-electron chi connectivity index (χ0n) is 9.27. The fraction of sp³-hybridized carbons (Fsp3) is 0. The minimum Gasteiger partial charge on any atom is -0.384 e. The Morgan fingerprint density at radius 1 is 1.06 bits per heavy atom. The molecule has 0 unspecified atom stereocenters. The number of nitrogen functional groups attached to an aromatic ring is 1. The van der Waals surface area contributed by atoms with E-state index in [-0.39, 0.29) is 22.5 Å². The summed E-state index contributed by atoms with van der Waals surface area (Å²) in [6, 6.07) is 12.5. The number of benzene rings is 1. The zero-order chi connectivity index (χ0) is 13.1. The van der Waals surface area contributed by atoms with E-state index < -0.39 is 5.56 Å². The Kier molecular flexibility index (Phi) is 2.82. The molecule has 3 N–H and O–H groups in total. The van der Waals surface area contributed by atoms with Crippen molar-refractivity contribution in [3.05, 3.63) is 51.8 Å². The van der Waals surface area contributed by atoms with Gasteiger partial charge in [-0.1, -0.05) is 30.3 Å². The highest BCUT2D eigenvalue weighted by molar-refractivity contribution is 5.79. The van der Waals surface area contributed by atoms with Crippen LogP contribution in [0.2, 0.25) is 0 Å². The molecule has 0 aliphatic heterocycles. The van der Waals surface area contributed by atoms with Crippen molar-refractivity contribution in [2.45, 2.75) is 0 Å². The molecule has 1 aromatic carbocycles. The van der Waals surface area contributed by atoms with Crippen LogP contribution in [0.1, 0.15) is 11.1 Å². The summed E-state index contributed by atoms with van der Waals surface area (Å²) in [4.78, 5) is 14.0. The first-order valence-corrected chi connectivity index (χ1v) is 5.10. The summed E-state index contributed by atoms with van der Waals surface area (Å²) >= 11 is 0. The molecule has 2 aromatic rings. The van der Waals surface area contributed by atoms with Crippen LogP contribution in [0.4, 0.5) is 5.82 Å². The second-order valence-electron chi connectivity index (χ2n) is 3.58. The van der Waals surface area contributed by atoms with Gasteiger partial charge < -0.3 is 10.7 Å². The van der Waals surface area contributed by atoms with E-state index in [2.05, 4.69) is 4.98 Å². The number of H-pyrrole nitrogens is 1.